The minimum absolute atomic E-state index is 0.0654. The molecule has 2 aromatic heterocycles. The number of aromatic nitrogens is 2. The zero-order chi connectivity index (χ0) is 19.3. The lowest BCUT2D eigenvalue weighted by atomic mass is 10.2. The SMILES string of the molecule is Cc1ccccc1OCCSc1nc2ccccc2c(=O)n1Cc1ccco1. The molecule has 5 nitrogen and oxygen atoms in total. The Hall–Kier alpha value is -2.99. The van der Waals surface area contributed by atoms with Gasteiger partial charge >= 0.3 is 0 Å². The molecule has 6 heteroatoms. The molecule has 2 aromatic carbocycles. The van der Waals surface area contributed by atoms with Gasteiger partial charge in [-0.15, -0.1) is 0 Å². The van der Waals surface area contributed by atoms with Gasteiger partial charge in [-0.25, -0.2) is 4.98 Å². The van der Waals surface area contributed by atoms with Crippen LogP contribution in [0.25, 0.3) is 10.9 Å². The molecule has 4 aromatic rings. The lowest BCUT2D eigenvalue weighted by Gasteiger charge is -2.13. The van der Waals surface area contributed by atoms with Gasteiger partial charge in [0.25, 0.3) is 5.56 Å². The van der Waals surface area contributed by atoms with E-state index in [2.05, 4.69) is 0 Å². The van der Waals surface area contributed by atoms with Gasteiger partial charge < -0.3 is 9.15 Å². The first-order valence-electron chi connectivity index (χ1n) is 9.05. The number of ether oxygens (including phenoxy) is 1. The van der Waals surface area contributed by atoms with Crippen LogP contribution in [0.15, 0.2) is 81.3 Å². The van der Waals surface area contributed by atoms with Gasteiger partial charge in [0.05, 0.1) is 30.3 Å². The molecule has 28 heavy (non-hydrogen) atoms. The second-order valence-corrected chi connectivity index (χ2v) is 7.41. The normalized spacial score (nSPS) is 11.0. The maximum absolute atomic E-state index is 13.0. The van der Waals surface area contributed by atoms with Crippen LogP contribution in [0.2, 0.25) is 0 Å². The molecule has 0 saturated heterocycles. The highest BCUT2D eigenvalue weighted by molar-refractivity contribution is 7.99. The molecule has 2 heterocycles. The van der Waals surface area contributed by atoms with Crippen LogP contribution in [0.1, 0.15) is 11.3 Å². The second-order valence-electron chi connectivity index (χ2n) is 6.34. The van der Waals surface area contributed by atoms with E-state index in [9.17, 15) is 4.79 Å². The molecule has 0 spiro atoms. The Morgan fingerprint density at radius 3 is 2.71 bits per heavy atom. The molecule has 0 N–H and O–H groups in total. The van der Waals surface area contributed by atoms with E-state index in [1.54, 1.807) is 16.9 Å². The minimum Gasteiger partial charge on any atom is -0.492 e. The number of aryl methyl sites for hydroxylation is 1. The largest absolute Gasteiger partial charge is 0.492 e. The lowest BCUT2D eigenvalue weighted by molar-refractivity contribution is 0.341. The fraction of sp³-hybridized carbons (Fsp3) is 0.182. The smallest absolute Gasteiger partial charge is 0.262 e. The van der Waals surface area contributed by atoms with Crippen molar-refractivity contribution in [3.05, 3.63) is 88.6 Å². The number of nitrogens with zero attached hydrogens (tertiary/aromatic N) is 2. The van der Waals surface area contributed by atoms with Crippen LogP contribution >= 0.6 is 11.8 Å². The predicted molar refractivity (Wildman–Crippen MR) is 111 cm³/mol. The van der Waals surface area contributed by atoms with Crippen molar-refractivity contribution in [3.63, 3.8) is 0 Å². The summed E-state index contributed by atoms with van der Waals surface area (Å²) in [6.45, 7) is 2.90. The molecule has 4 rings (SSSR count). The van der Waals surface area contributed by atoms with E-state index in [1.807, 2.05) is 61.5 Å². The van der Waals surface area contributed by atoms with Gasteiger partial charge in [-0.2, -0.15) is 0 Å². The fourth-order valence-electron chi connectivity index (χ4n) is 2.96. The highest BCUT2D eigenvalue weighted by Gasteiger charge is 2.13. The van der Waals surface area contributed by atoms with Crippen molar-refractivity contribution in [3.8, 4) is 5.75 Å². The van der Waals surface area contributed by atoms with Gasteiger partial charge in [0.2, 0.25) is 0 Å². The Kier molecular flexibility index (Phi) is 5.48. The van der Waals surface area contributed by atoms with Gasteiger partial charge in [-0.1, -0.05) is 42.1 Å². The minimum atomic E-state index is -0.0654. The molecule has 0 atom stereocenters. The molecule has 0 saturated carbocycles. The zero-order valence-electron chi connectivity index (χ0n) is 15.5. The molecule has 0 bridgehead atoms. The highest BCUT2D eigenvalue weighted by Crippen LogP contribution is 2.21. The lowest BCUT2D eigenvalue weighted by Crippen LogP contribution is -2.24. The van der Waals surface area contributed by atoms with E-state index >= 15 is 0 Å². The summed E-state index contributed by atoms with van der Waals surface area (Å²) in [5, 5.41) is 1.27. The summed E-state index contributed by atoms with van der Waals surface area (Å²) in [5.41, 5.74) is 1.74. The summed E-state index contributed by atoms with van der Waals surface area (Å²) in [6.07, 6.45) is 1.61. The summed E-state index contributed by atoms with van der Waals surface area (Å²) in [5.74, 6) is 2.27. The van der Waals surface area contributed by atoms with Crippen LogP contribution in [0.5, 0.6) is 5.75 Å². The van der Waals surface area contributed by atoms with Crippen LogP contribution in [0, 0.1) is 6.92 Å². The monoisotopic (exact) mass is 392 g/mol. The summed E-state index contributed by atoms with van der Waals surface area (Å²) >= 11 is 1.51. The molecule has 0 aliphatic heterocycles. The third-order valence-electron chi connectivity index (χ3n) is 4.39. The predicted octanol–water partition coefficient (Wildman–Crippen LogP) is 4.52. The van der Waals surface area contributed by atoms with Gasteiger partial charge in [0.15, 0.2) is 5.16 Å². The molecule has 0 amide bonds. The Labute approximate surface area is 167 Å². The number of hydrogen-bond acceptors (Lipinski definition) is 5. The van der Waals surface area contributed by atoms with E-state index in [4.69, 9.17) is 14.1 Å². The van der Waals surface area contributed by atoms with Crippen LogP contribution in [-0.4, -0.2) is 21.9 Å². The summed E-state index contributed by atoms with van der Waals surface area (Å²) in [7, 11) is 0. The first-order chi connectivity index (χ1) is 13.7. The van der Waals surface area contributed by atoms with E-state index in [0.29, 0.717) is 35.0 Å². The molecular formula is C22H20N2O3S. The average Bonchev–Trinajstić information content (AvgIpc) is 3.22. The van der Waals surface area contributed by atoms with Gasteiger partial charge in [0, 0.05) is 5.75 Å². The third-order valence-corrected chi connectivity index (χ3v) is 5.33. The fourth-order valence-corrected chi connectivity index (χ4v) is 3.77. The number of benzene rings is 2. The first kappa shape index (κ1) is 18.4. The van der Waals surface area contributed by atoms with E-state index in [-0.39, 0.29) is 5.56 Å². The standard InChI is InChI=1S/C22H20N2O3S/c1-16-7-2-5-11-20(16)27-13-14-28-22-23-19-10-4-3-9-18(19)21(25)24(22)15-17-8-6-12-26-17/h2-12H,13-15H2,1H3. The summed E-state index contributed by atoms with van der Waals surface area (Å²) in [6, 6.07) is 19.0. The van der Waals surface area contributed by atoms with E-state index in [0.717, 1.165) is 17.1 Å². The Balaban J connectivity index is 1.56. The highest BCUT2D eigenvalue weighted by atomic mass is 32.2. The number of rotatable bonds is 7. The molecule has 0 unspecified atom stereocenters. The van der Waals surface area contributed by atoms with Gasteiger partial charge in [-0.3, -0.25) is 9.36 Å². The van der Waals surface area contributed by atoms with Crippen molar-refractivity contribution in [2.24, 2.45) is 0 Å². The Morgan fingerprint density at radius 2 is 1.89 bits per heavy atom. The zero-order valence-corrected chi connectivity index (χ0v) is 16.3. The molecule has 0 aliphatic carbocycles. The molecular weight excluding hydrogens is 372 g/mol. The molecule has 142 valence electrons. The number of para-hydroxylation sites is 2. The van der Waals surface area contributed by atoms with Crippen LogP contribution < -0.4 is 10.3 Å². The summed E-state index contributed by atoms with van der Waals surface area (Å²) in [4.78, 5) is 17.7. The molecule has 0 radical (unpaired) electrons. The van der Waals surface area contributed by atoms with Crippen LogP contribution in [0.3, 0.4) is 0 Å². The van der Waals surface area contributed by atoms with Crippen LogP contribution in [0.4, 0.5) is 0 Å². The second kappa shape index (κ2) is 8.35. The third kappa shape index (κ3) is 3.97. The van der Waals surface area contributed by atoms with Gasteiger partial charge in [0.1, 0.15) is 11.5 Å². The first-order valence-corrected chi connectivity index (χ1v) is 10.0. The van der Waals surface area contributed by atoms with Crippen molar-refractivity contribution >= 4 is 22.7 Å². The Morgan fingerprint density at radius 1 is 1.07 bits per heavy atom. The summed E-state index contributed by atoms with van der Waals surface area (Å²) < 4.78 is 13.0. The molecule has 0 aliphatic rings. The van der Waals surface area contributed by atoms with E-state index < -0.39 is 0 Å². The van der Waals surface area contributed by atoms with Crippen molar-refractivity contribution in [2.45, 2.75) is 18.6 Å². The maximum atomic E-state index is 13.0. The number of thioether (sulfide) groups is 1. The number of furan rings is 1. The number of hydrogen-bond donors (Lipinski definition) is 0. The van der Waals surface area contributed by atoms with E-state index in [1.165, 1.54) is 11.8 Å². The Bertz CT molecular complexity index is 1140. The topological polar surface area (TPSA) is 57.3 Å². The van der Waals surface area contributed by atoms with Gasteiger partial charge in [-0.05, 0) is 42.8 Å². The van der Waals surface area contributed by atoms with Crippen molar-refractivity contribution < 1.29 is 9.15 Å². The molecule has 0 fully saturated rings. The number of fused-ring (bicyclic) bond motifs is 1. The van der Waals surface area contributed by atoms with Crippen molar-refractivity contribution in [1.82, 2.24) is 9.55 Å². The van der Waals surface area contributed by atoms with Crippen LogP contribution in [-0.2, 0) is 6.54 Å². The quantitative estimate of drug-likeness (QED) is 0.263. The van der Waals surface area contributed by atoms with Crippen molar-refractivity contribution in [1.29, 1.82) is 0 Å². The maximum Gasteiger partial charge on any atom is 0.262 e. The average molecular weight is 392 g/mol. The van der Waals surface area contributed by atoms with Crippen molar-refractivity contribution in [2.75, 3.05) is 12.4 Å².